The van der Waals surface area contributed by atoms with E-state index in [1.165, 1.54) is 0 Å². The fraction of sp³-hybridized carbons (Fsp3) is 0.500. The van der Waals surface area contributed by atoms with Crippen LogP contribution in [-0.4, -0.2) is 19.1 Å². The molecule has 19 heavy (non-hydrogen) atoms. The summed E-state index contributed by atoms with van der Waals surface area (Å²) in [6, 6.07) is 7.07. The number of ether oxygens (including phenoxy) is 1. The topological polar surface area (TPSA) is 64.3 Å². The van der Waals surface area contributed by atoms with Gasteiger partial charge in [-0.05, 0) is 23.1 Å². The van der Waals surface area contributed by atoms with Gasteiger partial charge in [0, 0.05) is 6.54 Å². The monoisotopic (exact) mass is 286 g/mol. The molecular weight excluding hydrogens is 264 g/mol. The zero-order valence-electron chi connectivity index (χ0n) is 11.9. The molecule has 0 saturated carbocycles. The van der Waals surface area contributed by atoms with Gasteiger partial charge < -0.3 is 15.8 Å². The lowest BCUT2D eigenvalue weighted by molar-refractivity contribution is -0.124. The van der Waals surface area contributed by atoms with Gasteiger partial charge in [-0.1, -0.05) is 32.9 Å². The van der Waals surface area contributed by atoms with Crippen molar-refractivity contribution in [1.29, 1.82) is 0 Å². The van der Waals surface area contributed by atoms with Crippen molar-refractivity contribution in [2.24, 2.45) is 11.1 Å². The van der Waals surface area contributed by atoms with E-state index in [4.69, 9.17) is 10.5 Å². The average molecular weight is 287 g/mol. The third kappa shape index (κ3) is 5.49. The summed E-state index contributed by atoms with van der Waals surface area (Å²) in [5.41, 5.74) is 6.66. The normalized spacial score (nSPS) is 12.3. The van der Waals surface area contributed by atoms with Crippen LogP contribution in [0.1, 0.15) is 26.3 Å². The molecule has 1 amide bonds. The van der Waals surface area contributed by atoms with Crippen LogP contribution in [0.4, 0.5) is 0 Å². The van der Waals surface area contributed by atoms with E-state index in [-0.39, 0.29) is 23.7 Å². The molecule has 0 bridgehead atoms. The summed E-state index contributed by atoms with van der Waals surface area (Å²) in [4.78, 5) is 11.8. The summed E-state index contributed by atoms with van der Waals surface area (Å²) in [6.07, 6.45) is 0. The molecule has 0 aliphatic rings. The molecule has 0 aromatic heterocycles. The van der Waals surface area contributed by atoms with Gasteiger partial charge in [0.05, 0.1) is 13.2 Å². The van der Waals surface area contributed by atoms with E-state index in [9.17, 15) is 4.79 Å². The molecule has 0 aliphatic carbocycles. The lowest BCUT2D eigenvalue weighted by atomic mass is 9.87. The summed E-state index contributed by atoms with van der Waals surface area (Å²) in [7, 11) is 1.62. The number of rotatable bonds is 4. The maximum atomic E-state index is 11.8. The van der Waals surface area contributed by atoms with Crippen molar-refractivity contribution in [3.05, 3.63) is 29.8 Å². The first-order valence-corrected chi connectivity index (χ1v) is 6.01. The summed E-state index contributed by atoms with van der Waals surface area (Å²) in [6.45, 7) is 6.33. The van der Waals surface area contributed by atoms with Gasteiger partial charge in [-0.25, -0.2) is 0 Å². The number of nitrogens with two attached hydrogens (primary N) is 1. The second kappa shape index (κ2) is 7.36. The lowest BCUT2D eigenvalue weighted by Gasteiger charge is -2.25. The number of amides is 1. The van der Waals surface area contributed by atoms with Gasteiger partial charge >= 0.3 is 0 Å². The third-order valence-electron chi connectivity index (χ3n) is 2.84. The van der Waals surface area contributed by atoms with Crippen molar-refractivity contribution in [1.82, 2.24) is 5.32 Å². The zero-order valence-corrected chi connectivity index (χ0v) is 12.7. The molecule has 1 aromatic carbocycles. The van der Waals surface area contributed by atoms with Gasteiger partial charge in [-0.3, -0.25) is 4.79 Å². The fourth-order valence-electron chi connectivity index (χ4n) is 1.44. The van der Waals surface area contributed by atoms with E-state index in [0.717, 1.165) is 11.3 Å². The Morgan fingerprint density at radius 2 is 1.84 bits per heavy atom. The highest BCUT2D eigenvalue weighted by Gasteiger charge is 2.26. The number of benzene rings is 1. The molecule has 4 nitrogen and oxygen atoms in total. The molecule has 0 spiro atoms. The third-order valence-corrected chi connectivity index (χ3v) is 2.84. The van der Waals surface area contributed by atoms with Crippen molar-refractivity contribution >= 4 is 18.3 Å². The SMILES string of the molecule is COc1ccc(CNC(=O)[C@@H](N)C(C)(C)C)cc1.Cl. The van der Waals surface area contributed by atoms with Gasteiger partial charge in [-0.15, -0.1) is 12.4 Å². The van der Waals surface area contributed by atoms with Crippen LogP contribution in [0.5, 0.6) is 5.75 Å². The van der Waals surface area contributed by atoms with Gasteiger partial charge in [0.15, 0.2) is 0 Å². The highest BCUT2D eigenvalue weighted by Crippen LogP contribution is 2.17. The second-order valence-electron chi connectivity index (χ2n) is 5.41. The van der Waals surface area contributed by atoms with Crippen LogP contribution in [0, 0.1) is 5.41 Å². The standard InChI is InChI=1S/C14H22N2O2.ClH/c1-14(2,3)12(15)13(17)16-9-10-5-7-11(18-4)8-6-10;/h5-8,12H,9,15H2,1-4H3,(H,16,17);1H/t12-;/m1./s1. The molecular formula is C14H23ClN2O2. The number of methoxy groups -OCH3 is 1. The highest BCUT2D eigenvalue weighted by molar-refractivity contribution is 5.85. The molecule has 1 atom stereocenters. The summed E-state index contributed by atoms with van der Waals surface area (Å²) in [5.74, 6) is 0.676. The van der Waals surface area contributed by atoms with Crippen molar-refractivity contribution in [2.75, 3.05) is 7.11 Å². The molecule has 0 heterocycles. The Labute approximate surface area is 121 Å². The summed E-state index contributed by atoms with van der Waals surface area (Å²) in [5, 5.41) is 2.84. The van der Waals surface area contributed by atoms with Crippen LogP contribution >= 0.6 is 12.4 Å². The van der Waals surface area contributed by atoms with E-state index in [2.05, 4.69) is 5.32 Å². The molecule has 108 valence electrons. The molecule has 0 saturated heterocycles. The maximum Gasteiger partial charge on any atom is 0.237 e. The Morgan fingerprint density at radius 3 is 2.26 bits per heavy atom. The van der Waals surface area contributed by atoms with Crippen molar-refractivity contribution in [3.8, 4) is 5.75 Å². The Balaban J connectivity index is 0.00000324. The maximum absolute atomic E-state index is 11.8. The summed E-state index contributed by atoms with van der Waals surface area (Å²) >= 11 is 0. The van der Waals surface area contributed by atoms with Crippen LogP contribution in [0.2, 0.25) is 0 Å². The molecule has 3 N–H and O–H groups in total. The fourth-order valence-corrected chi connectivity index (χ4v) is 1.44. The minimum atomic E-state index is -0.504. The number of nitrogens with one attached hydrogen (secondary N) is 1. The summed E-state index contributed by atoms with van der Waals surface area (Å²) < 4.78 is 5.07. The van der Waals surface area contributed by atoms with Crippen LogP contribution in [0.25, 0.3) is 0 Å². The van der Waals surface area contributed by atoms with Crippen LogP contribution in [0.3, 0.4) is 0 Å². The molecule has 0 unspecified atom stereocenters. The van der Waals surface area contributed by atoms with Gasteiger partial charge in [0.25, 0.3) is 0 Å². The Morgan fingerprint density at radius 1 is 1.32 bits per heavy atom. The molecule has 0 radical (unpaired) electrons. The smallest absolute Gasteiger partial charge is 0.237 e. The van der Waals surface area contributed by atoms with E-state index in [0.29, 0.717) is 6.54 Å². The van der Waals surface area contributed by atoms with Crippen LogP contribution < -0.4 is 15.8 Å². The Bertz CT molecular complexity index is 399. The average Bonchev–Trinajstić information content (AvgIpc) is 2.34. The minimum Gasteiger partial charge on any atom is -0.497 e. The largest absolute Gasteiger partial charge is 0.497 e. The number of hydrogen-bond donors (Lipinski definition) is 2. The number of carbonyl (C=O) groups is 1. The van der Waals surface area contributed by atoms with Crippen LogP contribution in [-0.2, 0) is 11.3 Å². The van der Waals surface area contributed by atoms with E-state index in [1.54, 1.807) is 7.11 Å². The number of carbonyl (C=O) groups excluding carboxylic acids is 1. The molecule has 1 aromatic rings. The van der Waals surface area contributed by atoms with Crippen molar-refractivity contribution < 1.29 is 9.53 Å². The molecule has 0 aliphatic heterocycles. The minimum absolute atomic E-state index is 0. The molecule has 0 fully saturated rings. The quantitative estimate of drug-likeness (QED) is 0.891. The van der Waals surface area contributed by atoms with Crippen molar-refractivity contribution in [3.63, 3.8) is 0 Å². The van der Waals surface area contributed by atoms with Gasteiger partial charge in [0.1, 0.15) is 5.75 Å². The Kier molecular flexibility index (Phi) is 6.87. The first-order valence-electron chi connectivity index (χ1n) is 6.01. The van der Waals surface area contributed by atoms with E-state index >= 15 is 0 Å². The predicted octanol–water partition coefficient (Wildman–Crippen LogP) is 2.11. The highest BCUT2D eigenvalue weighted by atomic mass is 35.5. The predicted molar refractivity (Wildman–Crippen MR) is 79.5 cm³/mol. The lowest BCUT2D eigenvalue weighted by Crippen LogP contribution is -2.48. The zero-order chi connectivity index (χ0) is 13.8. The van der Waals surface area contributed by atoms with E-state index in [1.807, 2.05) is 45.0 Å². The van der Waals surface area contributed by atoms with Crippen LogP contribution in [0.15, 0.2) is 24.3 Å². The Hall–Kier alpha value is -1.26. The molecule has 5 heteroatoms. The number of hydrogen-bond acceptors (Lipinski definition) is 3. The first-order chi connectivity index (χ1) is 8.34. The van der Waals surface area contributed by atoms with Gasteiger partial charge in [-0.2, -0.15) is 0 Å². The second-order valence-corrected chi connectivity index (χ2v) is 5.41. The van der Waals surface area contributed by atoms with E-state index < -0.39 is 6.04 Å². The first kappa shape index (κ1) is 17.7. The van der Waals surface area contributed by atoms with Gasteiger partial charge in [0.2, 0.25) is 5.91 Å². The van der Waals surface area contributed by atoms with Crippen molar-refractivity contribution in [2.45, 2.75) is 33.4 Å². The molecule has 1 rings (SSSR count). The number of halogens is 1.